The molecule has 2 aliphatic heterocycles. The van der Waals surface area contributed by atoms with Gasteiger partial charge in [0.15, 0.2) is 0 Å². The zero-order valence-electron chi connectivity index (χ0n) is 13.9. The normalized spacial score (nSPS) is 30.6. The van der Waals surface area contributed by atoms with Crippen LogP contribution in [0.25, 0.3) is 0 Å². The van der Waals surface area contributed by atoms with Crippen LogP contribution in [0.1, 0.15) is 26.7 Å². The Morgan fingerprint density at radius 3 is 2.83 bits per heavy atom. The van der Waals surface area contributed by atoms with E-state index >= 15 is 0 Å². The van der Waals surface area contributed by atoms with Crippen LogP contribution in [-0.4, -0.2) is 54.9 Å². The highest BCUT2D eigenvalue weighted by atomic mass is 16.6. The van der Waals surface area contributed by atoms with E-state index in [0.29, 0.717) is 32.7 Å². The van der Waals surface area contributed by atoms with Crippen LogP contribution in [0.15, 0.2) is 30.3 Å². The molecule has 0 radical (unpaired) electrons. The number of carbonyl (C=O) groups is 1. The minimum absolute atomic E-state index is 0.0288. The number of hydrogen-bond donors (Lipinski definition) is 0. The highest BCUT2D eigenvalue weighted by Crippen LogP contribution is 2.35. The lowest BCUT2D eigenvalue weighted by Gasteiger charge is -2.45. The van der Waals surface area contributed by atoms with Crippen molar-refractivity contribution in [2.75, 3.05) is 26.3 Å². The van der Waals surface area contributed by atoms with Crippen molar-refractivity contribution >= 4 is 5.91 Å². The average Bonchev–Trinajstić information content (AvgIpc) is 2.87. The Labute approximate surface area is 137 Å². The highest BCUT2D eigenvalue weighted by molar-refractivity contribution is 5.76. The van der Waals surface area contributed by atoms with E-state index in [-0.39, 0.29) is 23.7 Å². The lowest BCUT2D eigenvalue weighted by Crippen LogP contribution is -2.59. The van der Waals surface area contributed by atoms with Crippen molar-refractivity contribution in [1.29, 1.82) is 0 Å². The Morgan fingerprint density at radius 1 is 1.35 bits per heavy atom. The van der Waals surface area contributed by atoms with Crippen LogP contribution >= 0.6 is 0 Å². The Hall–Kier alpha value is -1.59. The largest absolute Gasteiger partial charge is 0.493 e. The van der Waals surface area contributed by atoms with Gasteiger partial charge in [-0.1, -0.05) is 18.2 Å². The van der Waals surface area contributed by atoms with E-state index in [2.05, 4.69) is 0 Å². The van der Waals surface area contributed by atoms with E-state index in [1.807, 2.05) is 49.1 Å². The first-order valence-electron chi connectivity index (χ1n) is 8.34. The molecular formula is C18H25NO4. The standard InChI is InChI=1S/C18H25NO4/c1-14-12-19(13-18(23-14)9-11-21-15(18)2)17(20)8-10-22-16-6-4-3-5-7-16/h3-7,14-15H,8-13H2,1-2H3/t14-,15-,18-/m1/s1. The van der Waals surface area contributed by atoms with E-state index in [4.69, 9.17) is 14.2 Å². The smallest absolute Gasteiger partial charge is 0.226 e. The summed E-state index contributed by atoms with van der Waals surface area (Å²) in [6.07, 6.45) is 1.29. The van der Waals surface area contributed by atoms with Gasteiger partial charge in [-0.15, -0.1) is 0 Å². The van der Waals surface area contributed by atoms with Gasteiger partial charge < -0.3 is 19.1 Å². The molecule has 0 saturated carbocycles. The second kappa shape index (κ2) is 6.89. The van der Waals surface area contributed by atoms with Crippen LogP contribution in [0.3, 0.4) is 0 Å². The molecule has 1 aromatic carbocycles. The van der Waals surface area contributed by atoms with E-state index < -0.39 is 0 Å². The number of nitrogens with zero attached hydrogens (tertiary/aromatic N) is 1. The van der Waals surface area contributed by atoms with Crippen LogP contribution in [-0.2, 0) is 14.3 Å². The third-order valence-electron chi connectivity index (χ3n) is 4.69. The number of hydrogen-bond acceptors (Lipinski definition) is 4. The summed E-state index contributed by atoms with van der Waals surface area (Å²) in [5.41, 5.74) is -0.340. The molecule has 1 aromatic rings. The maximum atomic E-state index is 12.5. The third kappa shape index (κ3) is 3.67. The molecule has 1 spiro atoms. The Bertz CT molecular complexity index is 535. The molecular weight excluding hydrogens is 294 g/mol. The topological polar surface area (TPSA) is 48.0 Å². The number of ether oxygens (including phenoxy) is 3. The molecule has 126 valence electrons. The van der Waals surface area contributed by atoms with Gasteiger partial charge in [0.25, 0.3) is 0 Å². The summed E-state index contributed by atoms with van der Waals surface area (Å²) in [4.78, 5) is 14.4. The van der Waals surface area contributed by atoms with Gasteiger partial charge in [-0.05, 0) is 26.0 Å². The first-order chi connectivity index (χ1) is 11.1. The Kier molecular flexibility index (Phi) is 4.87. The number of morpholine rings is 1. The molecule has 0 unspecified atom stereocenters. The van der Waals surface area contributed by atoms with Gasteiger partial charge in [0.2, 0.25) is 5.91 Å². The summed E-state index contributed by atoms with van der Waals surface area (Å²) in [6, 6.07) is 9.58. The zero-order valence-corrected chi connectivity index (χ0v) is 13.9. The fourth-order valence-corrected chi connectivity index (χ4v) is 3.42. The second-order valence-corrected chi connectivity index (χ2v) is 6.44. The molecule has 0 bridgehead atoms. The second-order valence-electron chi connectivity index (χ2n) is 6.44. The van der Waals surface area contributed by atoms with Gasteiger partial charge in [0.05, 0.1) is 31.8 Å². The molecule has 0 aromatic heterocycles. The lowest BCUT2D eigenvalue weighted by atomic mass is 9.93. The molecule has 2 aliphatic rings. The van der Waals surface area contributed by atoms with Crippen molar-refractivity contribution in [3.63, 3.8) is 0 Å². The van der Waals surface area contributed by atoms with Crippen LogP contribution in [0.5, 0.6) is 5.75 Å². The van der Waals surface area contributed by atoms with Crippen molar-refractivity contribution in [3.05, 3.63) is 30.3 Å². The molecule has 0 aliphatic carbocycles. The maximum Gasteiger partial charge on any atom is 0.226 e. The monoisotopic (exact) mass is 319 g/mol. The predicted molar refractivity (Wildman–Crippen MR) is 86.4 cm³/mol. The van der Waals surface area contributed by atoms with Crippen LogP contribution in [0, 0.1) is 0 Å². The molecule has 2 fully saturated rings. The van der Waals surface area contributed by atoms with E-state index in [1.54, 1.807) is 0 Å². The first kappa shape index (κ1) is 16.3. The van der Waals surface area contributed by atoms with Crippen molar-refractivity contribution in [1.82, 2.24) is 4.90 Å². The van der Waals surface area contributed by atoms with Crippen molar-refractivity contribution < 1.29 is 19.0 Å². The molecule has 3 atom stereocenters. The van der Waals surface area contributed by atoms with Gasteiger partial charge in [-0.3, -0.25) is 4.79 Å². The molecule has 1 amide bonds. The fraction of sp³-hybridized carbons (Fsp3) is 0.611. The molecule has 2 saturated heterocycles. The quantitative estimate of drug-likeness (QED) is 0.854. The number of para-hydroxylation sites is 1. The molecule has 5 heteroatoms. The summed E-state index contributed by atoms with van der Waals surface area (Å²) < 4.78 is 17.5. The Morgan fingerprint density at radius 2 is 2.13 bits per heavy atom. The summed E-state index contributed by atoms with van der Waals surface area (Å²) >= 11 is 0. The van der Waals surface area contributed by atoms with Crippen LogP contribution in [0.2, 0.25) is 0 Å². The number of rotatable bonds is 4. The van der Waals surface area contributed by atoms with Crippen molar-refractivity contribution in [3.8, 4) is 5.75 Å². The van der Waals surface area contributed by atoms with Gasteiger partial charge in [0.1, 0.15) is 11.4 Å². The summed E-state index contributed by atoms with van der Waals surface area (Å²) in [5.74, 6) is 0.916. The van der Waals surface area contributed by atoms with Gasteiger partial charge >= 0.3 is 0 Å². The van der Waals surface area contributed by atoms with Crippen LogP contribution < -0.4 is 4.74 Å². The van der Waals surface area contributed by atoms with Gasteiger partial charge in [-0.2, -0.15) is 0 Å². The van der Waals surface area contributed by atoms with E-state index in [1.165, 1.54) is 0 Å². The van der Waals surface area contributed by atoms with E-state index in [9.17, 15) is 4.79 Å². The third-order valence-corrected chi connectivity index (χ3v) is 4.69. The van der Waals surface area contributed by atoms with Gasteiger partial charge in [0, 0.05) is 19.6 Å². The minimum Gasteiger partial charge on any atom is -0.493 e. The fourth-order valence-electron chi connectivity index (χ4n) is 3.42. The zero-order chi connectivity index (χ0) is 16.3. The maximum absolute atomic E-state index is 12.5. The molecule has 5 nitrogen and oxygen atoms in total. The molecule has 0 N–H and O–H groups in total. The predicted octanol–water partition coefficient (Wildman–Crippen LogP) is 2.25. The molecule has 2 heterocycles. The summed E-state index contributed by atoms with van der Waals surface area (Å²) in [6.45, 7) is 6.40. The van der Waals surface area contributed by atoms with E-state index in [0.717, 1.165) is 12.2 Å². The summed E-state index contributed by atoms with van der Waals surface area (Å²) in [7, 11) is 0. The lowest BCUT2D eigenvalue weighted by molar-refractivity contribution is -0.179. The summed E-state index contributed by atoms with van der Waals surface area (Å²) in [5, 5.41) is 0. The SMILES string of the molecule is C[C@@H]1CN(C(=O)CCOc2ccccc2)C[C@@]2(CCO[C@@H]2C)O1. The highest BCUT2D eigenvalue weighted by Gasteiger charge is 2.48. The first-order valence-corrected chi connectivity index (χ1v) is 8.34. The average molecular weight is 319 g/mol. The number of carbonyl (C=O) groups excluding carboxylic acids is 1. The van der Waals surface area contributed by atoms with Crippen LogP contribution in [0.4, 0.5) is 0 Å². The van der Waals surface area contributed by atoms with Crippen molar-refractivity contribution in [2.24, 2.45) is 0 Å². The number of benzene rings is 1. The van der Waals surface area contributed by atoms with Crippen molar-refractivity contribution in [2.45, 2.75) is 44.5 Å². The minimum atomic E-state index is -0.340. The van der Waals surface area contributed by atoms with Gasteiger partial charge in [-0.25, -0.2) is 0 Å². The number of amides is 1. The molecule has 23 heavy (non-hydrogen) atoms. The molecule has 3 rings (SSSR count). The Balaban J connectivity index is 1.54.